The molecule has 0 saturated heterocycles. The smallest absolute Gasteiger partial charge is 0.241 e. The maximum Gasteiger partial charge on any atom is 0.241 e. The molecule has 0 aromatic heterocycles. The normalized spacial score (nSPS) is 17.1. The van der Waals surface area contributed by atoms with Gasteiger partial charge in [-0.05, 0) is 31.4 Å². The molecule has 110 valence electrons. The van der Waals surface area contributed by atoms with Gasteiger partial charge < -0.3 is 5.73 Å². The van der Waals surface area contributed by atoms with Crippen LogP contribution in [0.1, 0.15) is 43.2 Å². The second kappa shape index (κ2) is 6.20. The summed E-state index contributed by atoms with van der Waals surface area (Å²) in [6, 6.07) is 5.09. The first kappa shape index (κ1) is 15.4. The number of sulfonamides is 1. The number of nitrogens with one attached hydrogen (secondary N) is 1. The Morgan fingerprint density at radius 3 is 2.55 bits per heavy atom. The topological polar surface area (TPSA) is 72.2 Å². The molecule has 2 rings (SSSR count). The van der Waals surface area contributed by atoms with Crippen LogP contribution in [0.5, 0.6) is 0 Å². The second-order valence-corrected chi connectivity index (χ2v) is 7.42. The zero-order valence-corrected chi connectivity index (χ0v) is 13.2. The summed E-state index contributed by atoms with van der Waals surface area (Å²) < 4.78 is 27.8. The molecule has 3 N–H and O–H groups in total. The Morgan fingerprint density at radius 2 is 1.95 bits per heavy atom. The van der Waals surface area contributed by atoms with Gasteiger partial charge >= 0.3 is 0 Å². The predicted molar refractivity (Wildman–Crippen MR) is 84.3 cm³/mol. The third kappa shape index (κ3) is 3.56. The molecule has 0 aliphatic heterocycles. The molecule has 1 aromatic rings. The van der Waals surface area contributed by atoms with Gasteiger partial charge in [-0.2, -0.15) is 0 Å². The molecule has 1 aliphatic carbocycles. The summed E-state index contributed by atoms with van der Waals surface area (Å²) in [6.45, 7) is 1.78. The maximum absolute atomic E-state index is 12.5. The van der Waals surface area contributed by atoms with E-state index in [1.165, 1.54) is 6.42 Å². The van der Waals surface area contributed by atoms with E-state index in [2.05, 4.69) is 4.72 Å². The number of thiocarbonyl (C=S) groups is 1. The van der Waals surface area contributed by atoms with Gasteiger partial charge in [-0.25, -0.2) is 13.1 Å². The Kier molecular flexibility index (Phi) is 4.78. The quantitative estimate of drug-likeness (QED) is 0.836. The summed E-state index contributed by atoms with van der Waals surface area (Å²) in [5.41, 5.74) is 6.86. The Labute approximate surface area is 125 Å². The maximum atomic E-state index is 12.5. The van der Waals surface area contributed by atoms with Crippen molar-refractivity contribution in [3.8, 4) is 0 Å². The summed E-state index contributed by atoms with van der Waals surface area (Å²) in [7, 11) is -3.51. The minimum absolute atomic E-state index is 0.0432. The predicted octanol–water partition coefficient (Wildman–Crippen LogP) is 2.24. The molecule has 0 spiro atoms. The summed E-state index contributed by atoms with van der Waals surface area (Å²) >= 11 is 4.91. The Balaban J connectivity index is 2.28. The molecule has 0 bridgehead atoms. The fourth-order valence-electron chi connectivity index (χ4n) is 2.55. The highest BCUT2D eigenvalue weighted by Crippen LogP contribution is 2.22. The van der Waals surface area contributed by atoms with Gasteiger partial charge in [0.05, 0.1) is 4.90 Å². The van der Waals surface area contributed by atoms with Crippen molar-refractivity contribution in [1.82, 2.24) is 4.72 Å². The molecule has 20 heavy (non-hydrogen) atoms. The highest BCUT2D eigenvalue weighted by molar-refractivity contribution is 7.89. The molecular weight excluding hydrogens is 292 g/mol. The molecule has 1 aromatic carbocycles. The highest BCUT2D eigenvalue weighted by atomic mass is 32.2. The fraction of sp³-hybridized carbons (Fsp3) is 0.500. The number of nitrogens with two attached hydrogens (primary N) is 1. The first-order valence-corrected chi connectivity index (χ1v) is 8.72. The first-order chi connectivity index (χ1) is 9.40. The van der Waals surface area contributed by atoms with Crippen molar-refractivity contribution < 1.29 is 8.42 Å². The molecule has 4 nitrogen and oxygen atoms in total. The molecule has 0 atom stereocenters. The van der Waals surface area contributed by atoms with Crippen LogP contribution in [0.2, 0.25) is 0 Å². The van der Waals surface area contributed by atoms with Crippen molar-refractivity contribution in [2.45, 2.75) is 50.0 Å². The van der Waals surface area contributed by atoms with Gasteiger partial charge in [0.1, 0.15) is 4.99 Å². The molecule has 1 fully saturated rings. The third-order valence-corrected chi connectivity index (χ3v) is 5.59. The number of benzene rings is 1. The van der Waals surface area contributed by atoms with Gasteiger partial charge in [0.15, 0.2) is 0 Å². The molecular formula is C14H20N2O2S2. The van der Waals surface area contributed by atoms with Crippen LogP contribution >= 0.6 is 12.2 Å². The standard InChI is InChI=1S/C14H20N2O2S2/c1-10-7-8-11(14(15)19)9-13(10)20(17,18)16-12-5-3-2-4-6-12/h7-9,12,16H,2-6H2,1H3,(H2,15,19). The van der Waals surface area contributed by atoms with Crippen molar-refractivity contribution in [2.24, 2.45) is 5.73 Å². The Hall–Kier alpha value is -0.980. The lowest BCUT2D eigenvalue weighted by Gasteiger charge is -2.23. The van der Waals surface area contributed by atoms with Gasteiger partial charge in [-0.3, -0.25) is 0 Å². The highest BCUT2D eigenvalue weighted by Gasteiger charge is 2.23. The molecule has 0 radical (unpaired) electrons. The van der Waals surface area contributed by atoms with Crippen LogP contribution in [0.15, 0.2) is 23.1 Å². The van der Waals surface area contributed by atoms with Crippen LogP contribution in [0, 0.1) is 6.92 Å². The van der Waals surface area contributed by atoms with Gasteiger partial charge in [0.25, 0.3) is 0 Å². The molecule has 1 aliphatic rings. The minimum atomic E-state index is -3.51. The molecule has 1 saturated carbocycles. The lowest BCUT2D eigenvalue weighted by atomic mass is 9.96. The summed E-state index contributed by atoms with van der Waals surface area (Å²) in [5, 5.41) is 0. The number of hydrogen-bond donors (Lipinski definition) is 2. The lowest BCUT2D eigenvalue weighted by molar-refractivity contribution is 0.412. The number of hydrogen-bond acceptors (Lipinski definition) is 3. The zero-order valence-electron chi connectivity index (χ0n) is 11.6. The number of rotatable bonds is 4. The fourth-order valence-corrected chi connectivity index (χ4v) is 4.25. The van der Waals surface area contributed by atoms with Crippen LogP contribution in [0.3, 0.4) is 0 Å². The van der Waals surface area contributed by atoms with E-state index in [1.807, 2.05) is 0 Å². The van der Waals surface area contributed by atoms with Crippen LogP contribution in [0.25, 0.3) is 0 Å². The molecule has 0 amide bonds. The van der Waals surface area contributed by atoms with E-state index in [1.54, 1.807) is 25.1 Å². The Morgan fingerprint density at radius 1 is 1.30 bits per heavy atom. The van der Waals surface area contributed by atoms with Crippen molar-refractivity contribution in [1.29, 1.82) is 0 Å². The summed E-state index contributed by atoms with van der Waals surface area (Å²) in [4.78, 5) is 0.479. The lowest BCUT2D eigenvalue weighted by Crippen LogP contribution is -2.36. The van der Waals surface area contributed by atoms with Crippen molar-refractivity contribution in [3.63, 3.8) is 0 Å². The summed E-state index contributed by atoms with van der Waals surface area (Å²) in [6.07, 6.45) is 5.17. The van der Waals surface area contributed by atoms with Gasteiger partial charge in [0, 0.05) is 11.6 Å². The number of aryl methyl sites for hydroxylation is 1. The molecule has 0 unspecified atom stereocenters. The molecule has 0 heterocycles. The van der Waals surface area contributed by atoms with Crippen LogP contribution in [0.4, 0.5) is 0 Å². The van der Waals surface area contributed by atoms with E-state index in [4.69, 9.17) is 18.0 Å². The van der Waals surface area contributed by atoms with Crippen molar-refractivity contribution >= 4 is 27.2 Å². The largest absolute Gasteiger partial charge is 0.389 e. The average molecular weight is 312 g/mol. The first-order valence-electron chi connectivity index (χ1n) is 6.83. The third-order valence-electron chi connectivity index (χ3n) is 3.69. The average Bonchev–Trinajstić information content (AvgIpc) is 2.39. The van der Waals surface area contributed by atoms with E-state index >= 15 is 0 Å². The zero-order chi connectivity index (χ0) is 14.8. The van der Waals surface area contributed by atoms with E-state index in [9.17, 15) is 8.42 Å². The monoisotopic (exact) mass is 312 g/mol. The van der Waals surface area contributed by atoms with Crippen LogP contribution in [-0.2, 0) is 10.0 Å². The van der Waals surface area contributed by atoms with E-state index in [0.717, 1.165) is 25.7 Å². The minimum Gasteiger partial charge on any atom is -0.389 e. The van der Waals surface area contributed by atoms with E-state index < -0.39 is 10.0 Å². The van der Waals surface area contributed by atoms with Crippen molar-refractivity contribution in [2.75, 3.05) is 0 Å². The van der Waals surface area contributed by atoms with E-state index in [0.29, 0.717) is 11.1 Å². The van der Waals surface area contributed by atoms with Crippen molar-refractivity contribution in [3.05, 3.63) is 29.3 Å². The molecule has 6 heteroatoms. The van der Waals surface area contributed by atoms with Gasteiger partial charge in [-0.15, -0.1) is 0 Å². The van der Waals surface area contributed by atoms with E-state index in [-0.39, 0.29) is 15.9 Å². The Bertz CT molecular complexity index is 606. The van der Waals surface area contributed by atoms with Crippen LogP contribution in [-0.4, -0.2) is 19.4 Å². The second-order valence-electron chi connectivity index (χ2n) is 5.30. The summed E-state index contributed by atoms with van der Waals surface area (Å²) in [5.74, 6) is 0. The van der Waals surface area contributed by atoms with Crippen LogP contribution < -0.4 is 10.5 Å². The SMILES string of the molecule is Cc1ccc(C(N)=S)cc1S(=O)(=O)NC1CCCCC1. The van der Waals surface area contributed by atoms with Gasteiger partial charge in [-0.1, -0.05) is 43.6 Å². The van der Waals surface area contributed by atoms with Gasteiger partial charge in [0.2, 0.25) is 10.0 Å².